The summed E-state index contributed by atoms with van der Waals surface area (Å²) >= 11 is 21.6. The molecule has 0 aliphatic carbocycles. The van der Waals surface area contributed by atoms with Crippen molar-refractivity contribution in [3.05, 3.63) is 72.6 Å². The summed E-state index contributed by atoms with van der Waals surface area (Å²) in [6.07, 6.45) is 8.11. The lowest BCUT2D eigenvalue weighted by Gasteiger charge is -2.14. The number of pyridine rings is 2. The van der Waals surface area contributed by atoms with Gasteiger partial charge in [0.2, 0.25) is 18.1 Å². The Morgan fingerprint density at radius 3 is 1.83 bits per heavy atom. The predicted molar refractivity (Wildman–Crippen MR) is 153 cm³/mol. The highest BCUT2D eigenvalue weighted by Gasteiger charge is 2.11. The van der Waals surface area contributed by atoms with Gasteiger partial charge in [0.25, 0.3) is 0 Å². The molecule has 3 aromatic rings. The number of nitrogen functional groups attached to an aromatic ring is 1. The molecule has 2 aromatic heterocycles. The summed E-state index contributed by atoms with van der Waals surface area (Å²) in [6, 6.07) is 3.38. The highest BCUT2D eigenvalue weighted by atomic mass is 79.9. The number of aromatic nitrogens is 2. The van der Waals surface area contributed by atoms with Crippen molar-refractivity contribution in [1.29, 1.82) is 0 Å². The summed E-state index contributed by atoms with van der Waals surface area (Å²) in [6.45, 7) is 5.12. The van der Waals surface area contributed by atoms with Gasteiger partial charge in [-0.15, -0.1) is 0 Å². The third-order valence-electron chi connectivity index (χ3n) is 4.05. The maximum absolute atomic E-state index is 10.8. The van der Waals surface area contributed by atoms with E-state index >= 15 is 0 Å². The number of aryl methyl sites for hydroxylation is 3. The van der Waals surface area contributed by atoms with Crippen molar-refractivity contribution in [2.75, 3.05) is 26.3 Å². The molecule has 0 spiro atoms. The molecule has 2 N–H and O–H groups in total. The van der Waals surface area contributed by atoms with E-state index < -0.39 is 10.1 Å². The number of rotatable bonds is 3. The first-order valence-electron chi connectivity index (χ1n) is 9.73. The molecule has 0 saturated heterocycles. The Balaban J connectivity index is 0.000000497. The Morgan fingerprint density at radius 2 is 1.42 bits per heavy atom. The van der Waals surface area contributed by atoms with E-state index in [-0.39, 0.29) is 4.90 Å². The fourth-order valence-electron chi connectivity index (χ4n) is 2.78. The van der Waals surface area contributed by atoms with Gasteiger partial charge in [-0.3, -0.25) is 4.98 Å². The third-order valence-corrected chi connectivity index (χ3v) is 7.64. The third kappa shape index (κ3) is 11.0. The SMILES string of the molecule is COc1c[n+](N)cc(Br)c1Cl.COc1cncc(Br)c1Cl.CS.Cc1cc(C)c(S(=O)(=O)[O-])c(C)c1. The molecule has 2 heterocycles. The van der Waals surface area contributed by atoms with E-state index in [0.29, 0.717) is 37.1 Å². The minimum Gasteiger partial charge on any atom is -0.744 e. The number of hydrogen-bond donors (Lipinski definition) is 2. The largest absolute Gasteiger partial charge is 0.744 e. The van der Waals surface area contributed by atoms with Crippen LogP contribution in [0.1, 0.15) is 16.7 Å². The first-order chi connectivity index (χ1) is 16.7. The van der Waals surface area contributed by atoms with Gasteiger partial charge < -0.3 is 14.0 Å². The van der Waals surface area contributed by atoms with E-state index in [4.69, 9.17) is 38.5 Å². The van der Waals surface area contributed by atoms with Crippen molar-refractivity contribution in [1.82, 2.24) is 4.98 Å². The van der Waals surface area contributed by atoms with Crippen LogP contribution in [0.5, 0.6) is 11.5 Å². The van der Waals surface area contributed by atoms with Crippen LogP contribution in [-0.2, 0) is 10.1 Å². The van der Waals surface area contributed by atoms with Crippen LogP contribution >= 0.6 is 67.7 Å². The standard InChI is InChI=1S/C9H12O3S.C6H7BrClN2O.C6H5BrClNO.CH4S/c1-6-4-7(2)9(8(3)5-6)13(10,11)12;1-11-5-3-10(9)2-4(7)6(5)8;1-10-5-3-9-2-4(7)6(5)8;1-2/h4-5H,1-3H3,(H,10,11,12);2-3H,9H2,1H3;2-3H,1H3;2H,1H3/q;+1;;/p-1. The van der Waals surface area contributed by atoms with Gasteiger partial charge in [0.1, 0.15) is 19.6 Å². The molecule has 0 aliphatic heterocycles. The summed E-state index contributed by atoms with van der Waals surface area (Å²) < 4.78 is 45.2. The Kier molecular flexibility index (Phi) is 16.0. The fourth-order valence-corrected chi connectivity index (χ4v) is 4.78. The zero-order valence-electron chi connectivity index (χ0n) is 20.3. The lowest BCUT2D eigenvalue weighted by Crippen LogP contribution is -2.43. The molecule has 8 nitrogen and oxygen atoms in total. The molecule has 36 heavy (non-hydrogen) atoms. The summed E-state index contributed by atoms with van der Waals surface area (Å²) in [5.74, 6) is 6.58. The molecular formula is C22H27Br2Cl2N3O5S2. The van der Waals surface area contributed by atoms with Gasteiger partial charge in [-0.2, -0.15) is 12.6 Å². The number of methoxy groups -OCH3 is 2. The zero-order chi connectivity index (χ0) is 28.2. The first kappa shape index (κ1) is 34.7. The minimum atomic E-state index is -4.33. The van der Waals surface area contributed by atoms with Crippen LogP contribution in [0.15, 0.2) is 50.8 Å². The van der Waals surface area contributed by atoms with Crippen LogP contribution in [0.3, 0.4) is 0 Å². The highest BCUT2D eigenvalue weighted by Crippen LogP contribution is 2.30. The van der Waals surface area contributed by atoms with E-state index in [1.54, 1.807) is 64.1 Å². The van der Waals surface area contributed by atoms with E-state index in [0.717, 1.165) is 10.0 Å². The van der Waals surface area contributed by atoms with Crippen LogP contribution in [0.4, 0.5) is 0 Å². The quantitative estimate of drug-likeness (QED) is 0.156. The van der Waals surface area contributed by atoms with Crippen LogP contribution in [0, 0.1) is 20.8 Å². The van der Waals surface area contributed by atoms with Gasteiger partial charge >= 0.3 is 0 Å². The minimum absolute atomic E-state index is 0.0851. The molecule has 0 atom stereocenters. The molecule has 0 radical (unpaired) electrons. The van der Waals surface area contributed by atoms with Gasteiger partial charge in [-0.05, 0) is 70.0 Å². The normalized spacial score (nSPS) is 10.0. The van der Waals surface area contributed by atoms with Crippen molar-refractivity contribution in [2.45, 2.75) is 25.7 Å². The smallest absolute Gasteiger partial charge is 0.242 e. The second-order valence-electron chi connectivity index (χ2n) is 6.76. The number of thiol groups is 1. The van der Waals surface area contributed by atoms with Crippen LogP contribution in [-0.4, -0.2) is 38.4 Å². The monoisotopic (exact) mass is 705 g/mol. The van der Waals surface area contributed by atoms with Crippen molar-refractivity contribution < 1.29 is 27.1 Å². The molecule has 14 heteroatoms. The van der Waals surface area contributed by atoms with Crippen molar-refractivity contribution >= 4 is 77.8 Å². The summed E-state index contributed by atoms with van der Waals surface area (Å²) in [4.78, 5) is 3.77. The number of benzene rings is 1. The summed E-state index contributed by atoms with van der Waals surface area (Å²) in [5, 5.41) is 1.08. The molecule has 200 valence electrons. The van der Waals surface area contributed by atoms with Crippen LogP contribution in [0.25, 0.3) is 0 Å². The number of nitrogens with zero attached hydrogens (tertiary/aromatic N) is 2. The Labute approximate surface area is 244 Å². The van der Waals surface area contributed by atoms with Gasteiger partial charge in [0.15, 0.2) is 5.75 Å². The van der Waals surface area contributed by atoms with Crippen LogP contribution < -0.4 is 20.0 Å². The highest BCUT2D eigenvalue weighted by molar-refractivity contribution is 9.10. The summed E-state index contributed by atoms with van der Waals surface area (Å²) in [7, 11) is -1.24. The molecular weight excluding hydrogens is 681 g/mol. The lowest BCUT2D eigenvalue weighted by atomic mass is 10.1. The van der Waals surface area contributed by atoms with Crippen LogP contribution in [0.2, 0.25) is 10.0 Å². The molecule has 3 rings (SSSR count). The Hall–Kier alpha value is -1.28. The first-order valence-corrected chi connectivity index (χ1v) is 14.4. The second-order valence-corrected chi connectivity index (χ2v) is 10.5. The Morgan fingerprint density at radius 1 is 0.944 bits per heavy atom. The fraction of sp³-hybridized carbons (Fsp3) is 0.273. The zero-order valence-corrected chi connectivity index (χ0v) is 26.7. The van der Waals surface area contributed by atoms with E-state index in [1.165, 1.54) is 11.8 Å². The number of ether oxygens (including phenoxy) is 2. The average molecular weight is 708 g/mol. The predicted octanol–water partition coefficient (Wildman–Crippen LogP) is 5.68. The lowest BCUT2D eigenvalue weighted by molar-refractivity contribution is -0.639. The maximum atomic E-state index is 10.8. The molecule has 1 aromatic carbocycles. The molecule has 0 amide bonds. The van der Waals surface area contributed by atoms with E-state index in [2.05, 4.69) is 49.5 Å². The maximum Gasteiger partial charge on any atom is 0.242 e. The van der Waals surface area contributed by atoms with Gasteiger partial charge in [0, 0.05) is 6.20 Å². The van der Waals surface area contributed by atoms with Gasteiger partial charge in [0.05, 0.1) is 34.8 Å². The molecule has 0 bridgehead atoms. The van der Waals surface area contributed by atoms with E-state index in [9.17, 15) is 13.0 Å². The average Bonchev–Trinajstić information content (AvgIpc) is 2.78. The molecule has 0 fully saturated rings. The van der Waals surface area contributed by atoms with Crippen molar-refractivity contribution in [3.8, 4) is 11.5 Å². The number of hydrogen-bond acceptors (Lipinski definition) is 8. The van der Waals surface area contributed by atoms with E-state index in [1.807, 2.05) is 6.92 Å². The van der Waals surface area contributed by atoms with Crippen molar-refractivity contribution in [3.63, 3.8) is 0 Å². The number of nitrogens with two attached hydrogens (primary N) is 1. The van der Waals surface area contributed by atoms with Gasteiger partial charge in [-0.25, -0.2) is 14.3 Å². The van der Waals surface area contributed by atoms with Gasteiger partial charge in [-0.1, -0.05) is 45.6 Å². The molecule has 0 unspecified atom stereocenters. The summed E-state index contributed by atoms with van der Waals surface area (Å²) in [5.41, 5.74) is 2.00. The molecule has 0 aliphatic rings. The number of halogens is 4. The topological polar surface area (TPSA) is 118 Å². The Bertz CT molecular complexity index is 1240. The molecule has 0 saturated carbocycles. The van der Waals surface area contributed by atoms with Crippen molar-refractivity contribution in [2.24, 2.45) is 0 Å². The second kappa shape index (κ2) is 16.5.